The van der Waals surface area contributed by atoms with Gasteiger partial charge >= 0.3 is 58.2 Å². The zero-order valence-electron chi connectivity index (χ0n) is 7.25. The monoisotopic (exact) mass is 263 g/mol. The van der Waals surface area contributed by atoms with E-state index in [9.17, 15) is 13.0 Å². The number of rotatable bonds is 2. The van der Waals surface area contributed by atoms with Gasteiger partial charge in [-0.3, -0.25) is 0 Å². The number of hydrogen-bond donors (Lipinski definition) is 1. The summed E-state index contributed by atoms with van der Waals surface area (Å²) in [6.07, 6.45) is 4.81. The van der Waals surface area contributed by atoms with Gasteiger partial charge < -0.3 is 4.55 Å². The van der Waals surface area contributed by atoms with E-state index in [1.54, 1.807) is 0 Å². The molecule has 0 unspecified atom stereocenters. The first-order valence-corrected chi connectivity index (χ1v) is 5.22. The zero-order valence-corrected chi connectivity index (χ0v) is 13.0. The molecule has 1 aliphatic rings. The Balaban J connectivity index is 0.00000121. The van der Waals surface area contributed by atoms with Gasteiger partial charge in [-0.25, -0.2) is 13.1 Å². The molecule has 4 nitrogen and oxygen atoms in total. The van der Waals surface area contributed by atoms with Crippen LogP contribution in [0.5, 0.6) is 0 Å². The second kappa shape index (κ2) is 6.21. The molecule has 1 aliphatic carbocycles. The predicted molar refractivity (Wildman–Crippen MR) is 39.7 cm³/mol. The van der Waals surface area contributed by atoms with Crippen molar-refractivity contribution in [2.45, 2.75) is 38.1 Å². The molecule has 0 aromatic heterocycles. The Hall–Kier alpha value is 1.68. The fourth-order valence-corrected chi connectivity index (χ4v) is 2.07. The molecule has 0 radical (unpaired) electrons. The molecule has 66 valence electrons. The van der Waals surface area contributed by atoms with Gasteiger partial charge in [0.15, 0.2) is 10.3 Å². The van der Waals surface area contributed by atoms with Gasteiger partial charge in [-0.15, -0.1) is 0 Å². The van der Waals surface area contributed by atoms with Crippen molar-refractivity contribution in [1.29, 1.82) is 0 Å². The molecule has 0 amide bonds. The average Bonchev–Trinajstić information content (AvgIpc) is 1.85. The van der Waals surface area contributed by atoms with Gasteiger partial charge in [0, 0.05) is 6.04 Å². The van der Waals surface area contributed by atoms with Crippen LogP contribution < -0.4 is 62.9 Å². The molecule has 1 fully saturated rings. The minimum absolute atomic E-state index is 0. The third kappa shape index (κ3) is 6.18. The normalized spacial score (nSPS) is 20.1. The Morgan fingerprint density at radius 1 is 1.17 bits per heavy atom. The van der Waals surface area contributed by atoms with Crippen LogP contribution in [-0.4, -0.2) is 19.0 Å². The van der Waals surface area contributed by atoms with Gasteiger partial charge in [-0.2, -0.15) is 0 Å². The Morgan fingerprint density at radius 2 is 1.67 bits per heavy atom. The summed E-state index contributed by atoms with van der Waals surface area (Å²) in [7, 11) is -4.22. The molecule has 12 heavy (non-hydrogen) atoms. The smallest absolute Gasteiger partial charge is 0.735 e. The summed E-state index contributed by atoms with van der Waals surface area (Å²) < 4.78 is 32.8. The van der Waals surface area contributed by atoms with E-state index >= 15 is 0 Å². The first-order chi connectivity index (χ1) is 5.08. The van der Waals surface area contributed by atoms with Crippen LogP contribution in [0.2, 0.25) is 0 Å². The molecule has 1 N–H and O–H groups in total. The maximum Gasteiger partial charge on any atom is 1.00 e. The Labute approximate surface area is 122 Å². The fraction of sp³-hybridized carbons (Fsp3) is 1.00. The van der Waals surface area contributed by atoms with Crippen LogP contribution in [-0.2, 0) is 10.3 Å². The molecule has 1 rings (SSSR count). The standard InChI is InChI=1S/C6H13NO3S.Rb/c8-11(9,10)7-6-4-2-1-3-5-6;/h6-7H,1-5H2,(H,8,9,10);/q;+1/p-1. The molecule has 0 bridgehead atoms. The van der Waals surface area contributed by atoms with Crippen LogP contribution in [0.25, 0.3) is 0 Å². The third-order valence-electron chi connectivity index (χ3n) is 1.92. The third-order valence-corrected chi connectivity index (χ3v) is 2.54. The van der Waals surface area contributed by atoms with Crippen LogP contribution in [0.4, 0.5) is 0 Å². The quantitative estimate of drug-likeness (QED) is 0.555. The molecule has 0 saturated heterocycles. The van der Waals surface area contributed by atoms with E-state index in [4.69, 9.17) is 0 Å². The first kappa shape index (κ1) is 13.7. The molecule has 6 heteroatoms. The maximum absolute atomic E-state index is 10.2. The Kier molecular flexibility index (Phi) is 7.08. The maximum atomic E-state index is 10.2. The van der Waals surface area contributed by atoms with Crippen LogP contribution in [0.1, 0.15) is 32.1 Å². The summed E-state index contributed by atoms with van der Waals surface area (Å²) in [5.74, 6) is 0. The minimum atomic E-state index is -4.22. The first-order valence-electron chi connectivity index (χ1n) is 3.81. The van der Waals surface area contributed by atoms with E-state index in [2.05, 4.69) is 4.72 Å². The molecule has 0 atom stereocenters. The van der Waals surface area contributed by atoms with Crippen molar-refractivity contribution in [3.63, 3.8) is 0 Å². The molecule has 0 heterocycles. The molecular formula is C6H12NO3RbS. The fourth-order valence-electron chi connectivity index (χ4n) is 1.42. The van der Waals surface area contributed by atoms with Crippen molar-refractivity contribution in [1.82, 2.24) is 4.72 Å². The zero-order chi connectivity index (χ0) is 8.32. The Morgan fingerprint density at radius 3 is 2.08 bits per heavy atom. The topological polar surface area (TPSA) is 69.2 Å². The van der Waals surface area contributed by atoms with E-state index in [0.717, 1.165) is 32.1 Å². The predicted octanol–water partition coefficient (Wildman–Crippen LogP) is -2.63. The average molecular weight is 264 g/mol. The summed E-state index contributed by atoms with van der Waals surface area (Å²) in [6.45, 7) is 0. The van der Waals surface area contributed by atoms with E-state index in [-0.39, 0.29) is 64.2 Å². The SMILES string of the molecule is O=S(=O)([O-])NC1CCCCC1.[Rb+]. The van der Waals surface area contributed by atoms with Crippen LogP contribution in [0, 0.1) is 0 Å². The van der Waals surface area contributed by atoms with Crippen molar-refractivity contribution in [2.24, 2.45) is 0 Å². The number of nitrogens with one attached hydrogen (secondary N) is 1. The summed E-state index contributed by atoms with van der Waals surface area (Å²) in [4.78, 5) is 0. The summed E-state index contributed by atoms with van der Waals surface area (Å²) in [5, 5.41) is 0. The summed E-state index contributed by atoms with van der Waals surface area (Å²) >= 11 is 0. The number of hydrogen-bond acceptors (Lipinski definition) is 3. The van der Waals surface area contributed by atoms with E-state index < -0.39 is 10.3 Å². The Bertz CT molecular complexity index is 211. The van der Waals surface area contributed by atoms with Crippen molar-refractivity contribution in [3.8, 4) is 0 Å². The second-order valence-corrected chi connectivity index (χ2v) is 4.05. The van der Waals surface area contributed by atoms with Crippen LogP contribution >= 0.6 is 0 Å². The minimum Gasteiger partial charge on any atom is -0.735 e. The molecule has 0 aromatic carbocycles. The summed E-state index contributed by atoms with van der Waals surface area (Å²) in [5.41, 5.74) is 0. The van der Waals surface area contributed by atoms with E-state index in [1.807, 2.05) is 0 Å². The molecular weight excluding hydrogens is 252 g/mol. The van der Waals surface area contributed by atoms with Crippen molar-refractivity contribution >= 4 is 10.3 Å². The molecule has 1 saturated carbocycles. The van der Waals surface area contributed by atoms with Gasteiger partial charge in [0.05, 0.1) is 0 Å². The van der Waals surface area contributed by atoms with Gasteiger partial charge in [0.1, 0.15) is 0 Å². The van der Waals surface area contributed by atoms with Gasteiger partial charge in [0.2, 0.25) is 0 Å². The molecule has 0 spiro atoms. The van der Waals surface area contributed by atoms with Gasteiger partial charge in [-0.1, -0.05) is 19.3 Å². The van der Waals surface area contributed by atoms with E-state index in [1.165, 1.54) is 0 Å². The molecule has 0 aromatic rings. The van der Waals surface area contributed by atoms with Gasteiger partial charge in [0.25, 0.3) is 0 Å². The summed E-state index contributed by atoms with van der Waals surface area (Å²) in [6, 6.07) is -0.105. The van der Waals surface area contributed by atoms with Crippen molar-refractivity contribution in [3.05, 3.63) is 0 Å². The molecule has 0 aliphatic heterocycles. The van der Waals surface area contributed by atoms with Crippen molar-refractivity contribution < 1.29 is 71.2 Å². The van der Waals surface area contributed by atoms with E-state index in [0.29, 0.717) is 0 Å². The second-order valence-electron chi connectivity index (χ2n) is 2.91. The largest absolute Gasteiger partial charge is 1.00 e. The van der Waals surface area contributed by atoms with Crippen LogP contribution in [0.15, 0.2) is 0 Å². The van der Waals surface area contributed by atoms with Crippen molar-refractivity contribution in [2.75, 3.05) is 0 Å². The van der Waals surface area contributed by atoms with Gasteiger partial charge in [-0.05, 0) is 12.8 Å². The van der Waals surface area contributed by atoms with Crippen LogP contribution in [0.3, 0.4) is 0 Å².